The lowest BCUT2D eigenvalue weighted by Crippen LogP contribution is -2.23. The Balaban J connectivity index is 2.14. The predicted molar refractivity (Wildman–Crippen MR) is 66.2 cm³/mol. The summed E-state index contributed by atoms with van der Waals surface area (Å²) in [6, 6.07) is 9.71. The fourth-order valence-corrected chi connectivity index (χ4v) is 1.50. The summed E-state index contributed by atoms with van der Waals surface area (Å²) in [5.41, 5.74) is 1.53. The standard InChI is InChI=1S/C13H15N3O/c1-2-8-14-13(17)11-9-15-16(10-11)12-6-4-3-5-7-12/h3-7,9-10H,2,8H2,1H3,(H,14,17). The first-order valence-corrected chi connectivity index (χ1v) is 5.69. The van der Waals surface area contributed by atoms with E-state index < -0.39 is 0 Å². The molecule has 17 heavy (non-hydrogen) atoms. The number of carbonyl (C=O) groups is 1. The molecule has 2 rings (SSSR count). The summed E-state index contributed by atoms with van der Waals surface area (Å²) >= 11 is 0. The predicted octanol–water partition coefficient (Wildman–Crippen LogP) is 2.01. The van der Waals surface area contributed by atoms with E-state index in [0.717, 1.165) is 12.1 Å². The highest BCUT2D eigenvalue weighted by molar-refractivity contribution is 5.93. The van der Waals surface area contributed by atoms with Gasteiger partial charge in [-0.25, -0.2) is 4.68 Å². The maximum atomic E-state index is 11.7. The number of nitrogens with one attached hydrogen (secondary N) is 1. The molecule has 4 nitrogen and oxygen atoms in total. The lowest BCUT2D eigenvalue weighted by Gasteiger charge is -2.00. The van der Waals surface area contributed by atoms with E-state index in [1.165, 1.54) is 0 Å². The van der Waals surface area contributed by atoms with Crippen LogP contribution in [-0.2, 0) is 0 Å². The number of hydrogen-bond acceptors (Lipinski definition) is 2. The second-order valence-electron chi connectivity index (χ2n) is 3.77. The summed E-state index contributed by atoms with van der Waals surface area (Å²) in [5, 5.41) is 6.99. The first-order chi connectivity index (χ1) is 8.31. The SMILES string of the molecule is CCCNC(=O)c1cnn(-c2ccccc2)c1. The van der Waals surface area contributed by atoms with Gasteiger partial charge in [-0.2, -0.15) is 5.10 Å². The molecule has 0 bridgehead atoms. The summed E-state index contributed by atoms with van der Waals surface area (Å²) in [6.07, 6.45) is 4.25. The lowest BCUT2D eigenvalue weighted by molar-refractivity contribution is 0.0953. The van der Waals surface area contributed by atoms with Crippen LogP contribution >= 0.6 is 0 Å². The molecule has 1 aromatic heterocycles. The van der Waals surface area contributed by atoms with E-state index in [2.05, 4.69) is 10.4 Å². The fourth-order valence-electron chi connectivity index (χ4n) is 1.50. The summed E-state index contributed by atoms with van der Waals surface area (Å²) < 4.78 is 1.70. The van der Waals surface area contributed by atoms with Crippen LogP contribution in [0.1, 0.15) is 23.7 Å². The van der Waals surface area contributed by atoms with Crippen molar-refractivity contribution in [3.8, 4) is 5.69 Å². The molecular formula is C13H15N3O. The zero-order valence-electron chi connectivity index (χ0n) is 9.76. The van der Waals surface area contributed by atoms with Crippen molar-refractivity contribution in [3.63, 3.8) is 0 Å². The van der Waals surface area contributed by atoms with Crippen LogP contribution in [0.2, 0.25) is 0 Å². The molecule has 2 aromatic rings. The highest BCUT2D eigenvalue weighted by Gasteiger charge is 2.07. The smallest absolute Gasteiger partial charge is 0.254 e. The van der Waals surface area contributed by atoms with Crippen molar-refractivity contribution in [1.29, 1.82) is 0 Å². The largest absolute Gasteiger partial charge is 0.352 e. The van der Waals surface area contributed by atoms with Gasteiger partial charge in [0, 0.05) is 12.7 Å². The minimum Gasteiger partial charge on any atom is -0.352 e. The van der Waals surface area contributed by atoms with E-state index >= 15 is 0 Å². The third-order valence-electron chi connectivity index (χ3n) is 2.40. The van der Waals surface area contributed by atoms with Crippen molar-refractivity contribution in [1.82, 2.24) is 15.1 Å². The number of rotatable bonds is 4. The van der Waals surface area contributed by atoms with Crippen LogP contribution in [0.4, 0.5) is 0 Å². The molecule has 0 aliphatic heterocycles. The second-order valence-corrected chi connectivity index (χ2v) is 3.77. The number of amides is 1. The Morgan fingerprint density at radius 1 is 1.35 bits per heavy atom. The average Bonchev–Trinajstić information content (AvgIpc) is 2.86. The Morgan fingerprint density at radius 3 is 2.82 bits per heavy atom. The highest BCUT2D eigenvalue weighted by Crippen LogP contribution is 2.07. The first-order valence-electron chi connectivity index (χ1n) is 5.69. The number of carbonyl (C=O) groups excluding carboxylic acids is 1. The van der Waals surface area contributed by atoms with Gasteiger partial charge in [0.1, 0.15) is 0 Å². The topological polar surface area (TPSA) is 46.9 Å². The minimum atomic E-state index is -0.0750. The van der Waals surface area contributed by atoms with Gasteiger partial charge < -0.3 is 5.32 Å². The summed E-state index contributed by atoms with van der Waals surface area (Å²) in [6.45, 7) is 2.71. The van der Waals surface area contributed by atoms with Crippen LogP contribution in [0.5, 0.6) is 0 Å². The zero-order chi connectivity index (χ0) is 12.1. The molecule has 0 aliphatic rings. The van der Waals surface area contributed by atoms with Gasteiger partial charge in [-0.15, -0.1) is 0 Å². The Morgan fingerprint density at radius 2 is 2.12 bits per heavy atom. The van der Waals surface area contributed by atoms with Crippen molar-refractivity contribution in [2.24, 2.45) is 0 Å². The zero-order valence-corrected chi connectivity index (χ0v) is 9.76. The molecule has 0 unspecified atom stereocenters. The van der Waals surface area contributed by atoms with Gasteiger partial charge in [0.05, 0.1) is 17.4 Å². The van der Waals surface area contributed by atoms with E-state index in [4.69, 9.17) is 0 Å². The molecule has 1 heterocycles. The van der Waals surface area contributed by atoms with Gasteiger partial charge in [0.25, 0.3) is 5.91 Å². The van der Waals surface area contributed by atoms with Gasteiger partial charge in [-0.1, -0.05) is 25.1 Å². The molecule has 88 valence electrons. The monoisotopic (exact) mass is 229 g/mol. The van der Waals surface area contributed by atoms with Gasteiger partial charge in [-0.05, 0) is 18.6 Å². The average molecular weight is 229 g/mol. The van der Waals surface area contributed by atoms with Crippen molar-refractivity contribution in [3.05, 3.63) is 48.3 Å². The number of nitrogens with zero attached hydrogens (tertiary/aromatic N) is 2. The molecule has 0 aliphatic carbocycles. The Labute approximate surface area is 100 Å². The molecule has 1 aromatic carbocycles. The van der Waals surface area contributed by atoms with Crippen molar-refractivity contribution >= 4 is 5.91 Å². The van der Waals surface area contributed by atoms with E-state index in [9.17, 15) is 4.79 Å². The third kappa shape index (κ3) is 2.72. The maximum absolute atomic E-state index is 11.7. The van der Waals surface area contributed by atoms with E-state index in [0.29, 0.717) is 12.1 Å². The quantitative estimate of drug-likeness (QED) is 0.871. The van der Waals surface area contributed by atoms with Gasteiger partial charge in [0.2, 0.25) is 0 Å². The van der Waals surface area contributed by atoms with Gasteiger partial charge in [-0.3, -0.25) is 4.79 Å². The maximum Gasteiger partial charge on any atom is 0.254 e. The van der Waals surface area contributed by atoms with E-state index in [-0.39, 0.29) is 5.91 Å². The molecular weight excluding hydrogens is 214 g/mol. The van der Waals surface area contributed by atoms with Crippen molar-refractivity contribution in [2.75, 3.05) is 6.54 Å². The molecule has 1 amide bonds. The van der Waals surface area contributed by atoms with Crippen LogP contribution < -0.4 is 5.32 Å². The first kappa shape index (κ1) is 11.4. The van der Waals surface area contributed by atoms with Gasteiger partial charge in [0.15, 0.2) is 0 Å². The Kier molecular flexibility index (Phi) is 3.55. The number of para-hydroxylation sites is 1. The molecule has 4 heteroatoms. The van der Waals surface area contributed by atoms with E-state index in [1.54, 1.807) is 17.1 Å². The Bertz CT molecular complexity index is 490. The number of aromatic nitrogens is 2. The minimum absolute atomic E-state index is 0.0750. The van der Waals surface area contributed by atoms with Crippen LogP contribution in [0.25, 0.3) is 5.69 Å². The summed E-state index contributed by atoms with van der Waals surface area (Å²) in [7, 11) is 0. The van der Waals surface area contributed by atoms with E-state index in [1.807, 2.05) is 37.3 Å². The molecule has 0 saturated heterocycles. The Hall–Kier alpha value is -2.10. The van der Waals surface area contributed by atoms with Crippen LogP contribution in [0.3, 0.4) is 0 Å². The summed E-state index contributed by atoms with van der Waals surface area (Å²) in [4.78, 5) is 11.7. The number of hydrogen-bond donors (Lipinski definition) is 1. The molecule has 0 saturated carbocycles. The normalized spacial score (nSPS) is 10.2. The molecule has 0 atom stereocenters. The van der Waals surface area contributed by atoms with Crippen molar-refractivity contribution < 1.29 is 4.79 Å². The third-order valence-corrected chi connectivity index (χ3v) is 2.40. The van der Waals surface area contributed by atoms with Crippen LogP contribution in [0, 0.1) is 0 Å². The van der Waals surface area contributed by atoms with Crippen LogP contribution in [0.15, 0.2) is 42.7 Å². The second kappa shape index (κ2) is 5.30. The molecule has 0 radical (unpaired) electrons. The summed E-state index contributed by atoms with van der Waals surface area (Å²) in [5.74, 6) is -0.0750. The fraction of sp³-hybridized carbons (Fsp3) is 0.231. The van der Waals surface area contributed by atoms with Crippen LogP contribution in [-0.4, -0.2) is 22.2 Å². The lowest BCUT2D eigenvalue weighted by atomic mass is 10.3. The molecule has 0 fully saturated rings. The molecule has 0 spiro atoms. The highest BCUT2D eigenvalue weighted by atomic mass is 16.1. The molecule has 1 N–H and O–H groups in total. The number of benzene rings is 1. The van der Waals surface area contributed by atoms with Gasteiger partial charge >= 0.3 is 0 Å². The van der Waals surface area contributed by atoms with Crippen molar-refractivity contribution in [2.45, 2.75) is 13.3 Å².